The summed E-state index contributed by atoms with van der Waals surface area (Å²) >= 11 is 5.92. The van der Waals surface area contributed by atoms with Gasteiger partial charge in [0.2, 0.25) is 5.95 Å². The second kappa shape index (κ2) is 9.24. The van der Waals surface area contributed by atoms with Gasteiger partial charge in [0, 0.05) is 35.4 Å². The average molecular weight is 383 g/mol. The van der Waals surface area contributed by atoms with Crippen LogP contribution in [-0.2, 0) is 13.0 Å². The highest BCUT2D eigenvalue weighted by Gasteiger charge is 2.05. The molecule has 0 fully saturated rings. The third kappa shape index (κ3) is 5.59. The molecule has 0 amide bonds. The predicted molar refractivity (Wildman–Crippen MR) is 111 cm³/mol. The Balaban J connectivity index is 1.59. The zero-order valence-corrected chi connectivity index (χ0v) is 16.3. The quantitative estimate of drug-likeness (QED) is 0.590. The van der Waals surface area contributed by atoms with Crippen LogP contribution in [0.2, 0.25) is 5.02 Å². The van der Waals surface area contributed by atoms with Crippen LogP contribution in [0.5, 0.6) is 5.75 Å². The summed E-state index contributed by atoms with van der Waals surface area (Å²) in [6.07, 6.45) is 0.893. The minimum Gasteiger partial charge on any atom is -0.496 e. The van der Waals surface area contributed by atoms with E-state index in [2.05, 4.69) is 20.6 Å². The first-order valence-electron chi connectivity index (χ1n) is 8.84. The molecule has 0 atom stereocenters. The Hall–Kier alpha value is -2.79. The lowest BCUT2D eigenvalue weighted by Gasteiger charge is -2.12. The average Bonchev–Trinajstić information content (AvgIpc) is 2.68. The van der Waals surface area contributed by atoms with E-state index in [0.717, 1.165) is 40.8 Å². The molecule has 2 N–H and O–H groups in total. The maximum absolute atomic E-state index is 5.92. The molecule has 3 rings (SSSR count). The number of halogens is 1. The minimum absolute atomic E-state index is 0.592. The number of aryl methyl sites for hydroxylation is 1. The molecule has 0 aliphatic rings. The van der Waals surface area contributed by atoms with Crippen LogP contribution < -0.4 is 15.4 Å². The summed E-state index contributed by atoms with van der Waals surface area (Å²) in [5, 5.41) is 7.39. The molecule has 1 aromatic heterocycles. The van der Waals surface area contributed by atoms with Crippen molar-refractivity contribution in [2.75, 3.05) is 24.3 Å². The van der Waals surface area contributed by atoms with Crippen LogP contribution in [0.3, 0.4) is 0 Å². The molecule has 0 unspecified atom stereocenters. The summed E-state index contributed by atoms with van der Waals surface area (Å²) in [4.78, 5) is 9.02. The number of nitrogens with zero attached hydrogens (tertiary/aromatic N) is 2. The van der Waals surface area contributed by atoms with Crippen molar-refractivity contribution in [3.8, 4) is 5.75 Å². The van der Waals surface area contributed by atoms with E-state index in [9.17, 15) is 0 Å². The Bertz CT molecular complexity index is 884. The van der Waals surface area contributed by atoms with Gasteiger partial charge < -0.3 is 15.4 Å². The van der Waals surface area contributed by atoms with Crippen LogP contribution in [0, 0.1) is 6.92 Å². The molecule has 2 aromatic carbocycles. The summed E-state index contributed by atoms with van der Waals surface area (Å²) in [6.45, 7) is 3.34. The van der Waals surface area contributed by atoms with Crippen molar-refractivity contribution < 1.29 is 4.74 Å². The third-order valence-corrected chi connectivity index (χ3v) is 4.37. The molecule has 6 heteroatoms. The highest BCUT2D eigenvalue weighted by Crippen LogP contribution is 2.19. The number of hydrogen-bond donors (Lipinski definition) is 2. The molecular weight excluding hydrogens is 360 g/mol. The van der Waals surface area contributed by atoms with E-state index in [-0.39, 0.29) is 0 Å². The molecule has 0 bridgehead atoms. The van der Waals surface area contributed by atoms with Crippen molar-refractivity contribution in [1.29, 1.82) is 0 Å². The Morgan fingerprint density at radius 3 is 2.56 bits per heavy atom. The topological polar surface area (TPSA) is 59.1 Å². The number of para-hydroxylation sites is 1. The van der Waals surface area contributed by atoms with Gasteiger partial charge in [-0.05, 0) is 37.1 Å². The van der Waals surface area contributed by atoms with E-state index < -0.39 is 0 Å². The number of hydrogen-bond acceptors (Lipinski definition) is 5. The standard InChI is InChI=1S/C21H23ClN4O/c1-15-13-20(23-12-11-16-7-9-18(22)10-8-16)26-21(25-15)24-14-17-5-3-4-6-19(17)27-2/h3-10,13H,11-12,14H2,1-2H3,(H2,23,24,25,26). The summed E-state index contributed by atoms with van der Waals surface area (Å²) < 4.78 is 5.38. The summed E-state index contributed by atoms with van der Waals surface area (Å²) in [6, 6.07) is 17.7. The van der Waals surface area contributed by atoms with Crippen molar-refractivity contribution in [2.24, 2.45) is 0 Å². The summed E-state index contributed by atoms with van der Waals surface area (Å²) in [7, 11) is 1.67. The molecule has 27 heavy (non-hydrogen) atoms. The van der Waals surface area contributed by atoms with Gasteiger partial charge in [-0.3, -0.25) is 0 Å². The van der Waals surface area contributed by atoms with Gasteiger partial charge in [0.05, 0.1) is 7.11 Å². The Morgan fingerprint density at radius 1 is 1.00 bits per heavy atom. The molecular formula is C21H23ClN4O. The molecule has 5 nitrogen and oxygen atoms in total. The van der Waals surface area contributed by atoms with Crippen molar-refractivity contribution in [3.05, 3.63) is 76.4 Å². The maximum atomic E-state index is 5.92. The zero-order valence-electron chi connectivity index (χ0n) is 15.5. The number of nitrogens with one attached hydrogen (secondary N) is 2. The predicted octanol–water partition coefficient (Wildman–Crippen LogP) is 4.71. The summed E-state index contributed by atoms with van der Waals surface area (Å²) in [5.74, 6) is 2.24. The van der Waals surface area contributed by atoms with Gasteiger partial charge in [-0.2, -0.15) is 4.98 Å². The first-order valence-corrected chi connectivity index (χ1v) is 9.21. The van der Waals surface area contributed by atoms with E-state index in [1.807, 2.05) is 61.5 Å². The Kier molecular flexibility index (Phi) is 6.49. The lowest BCUT2D eigenvalue weighted by Crippen LogP contribution is -2.10. The third-order valence-electron chi connectivity index (χ3n) is 4.12. The molecule has 0 radical (unpaired) electrons. The fourth-order valence-corrected chi connectivity index (χ4v) is 2.87. The highest BCUT2D eigenvalue weighted by molar-refractivity contribution is 6.30. The van der Waals surface area contributed by atoms with Gasteiger partial charge in [0.1, 0.15) is 11.6 Å². The van der Waals surface area contributed by atoms with Crippen molar-refractivity contribution in [3.63, 3.8) is 0 Å². The number of benzene rings is 2. The number of methoxy groups -OCH3 is 1. The minimum atomic E-state index is 0.592. The molecule has 0 spiro atoms. The van der Waals surface area contributed by atoms with Crippen molar-refractivity contribution in [1.82, 2.24) is 9.97 Å². The van der Waals surface area contributed by atoms with E-state index in [1.54, 1.807) is 7.11 Å². The largest absolute Gasteiger partial charge is 0.496 e. The zero-order chi connectivity index (χ0) is 19.1. The lowest BCUT2D eigenvalue weighted by molar-refractivity contribution is 0.410. The Labute approximate surface area is 164 Å². The van der Waals surface area contributed by atoms with Gasteiger partial charge >= 0.3 is 0 Å². The Morgan fingerprint density at radius 2 is 1.78 bits per heavy atom. The van der Waals surface area contributed by atoms with Crippen LogP contribution in [0.4, 0.5) is 11.8 Å². The van der Waals surface area contributed by atoms with Crippen LogP contribution in [0.25, 0.3) is 0 Å². The van der Waals surface area contributed by atoms with Gasteiger partial charge in [0.15, 0.2) is 0 Å². The second-order valence-corrected chi connectivity index (χ2v) is 6.62. The van der Waals surface area contributed by atoms with Gasteiger partial charge in [-0.15, -0.1) is 0 Å². The van der Waals surface area contributed by atoms with Crippen molar-refractivity contribution >= 4 is 23.4 Å². The van der Waals surface area contributed by atoms with Gasteiger partial charge in [-0.25, -0.2) is 4.98 Å². The van der Waals surface area contributed by atoms with E-state index in [4.69, 9.17) is 16.3 Å². The molecule has 3 aromatic rings. The fraction of sp³-hybridized carbons (Fsp3) is 0.238. The van der Waals surface area contributed by atoms with Crippen molar-refractivity contribution in [2.45, 2.75) is 19.9 Å². The monoisotopic (exact) mass is 382 g/mol. The highest BCUT2D eigenvalue weighted by atomic mass is 35.5. The molecule has 0 aliphatic heterocycles. The van der Waals surface area contributed by atoms with E-state index >= 15 is 0 Å². The number of aromatic nitrogens is 2. The fourth-order valence-electron chi connectivity index (χ4n) is 2.75. The van der Waals surface area contributed by atoms with Gasteiger partial charge in [-0.1, -0.05) is 41.9 Å². The first kappa shape index (κ1) is 19.0. The molecule has 140 valence electrons. The number of rotatable bonds is 8. The second-order valence-electron chi connectivity index (χ2n) is 6.19. The summed E-state index contributed by atoms with van der Waals surface area (Å²) in [5.41, 5.74) is 3.19. The first-order chi connectivity index (χ1) is 13.1. The number of anilines is 2. The van der Waals surface area contributed by atoms with E-state index in [0.29, 0.717) is 12.5 Å². The van der Waals surface area contributed by atoms with Crippen LogP contribution in [0.1, 0.15) is 16.8 Å². The molecule has 1 heterocycles. The SMILES string of the molecule is COc1ccccc1CNc1nc(C)cc(NCCc2ccc(Cl)cc2)n1. The van der Waals surface area contributed by atoms with Crippen LogP contribution in [0.15, 0.2) is 54.6 Å². The van der Waals surface area contributed by atoms with Gasteiger partial charge in [0.25, 0.3) is 0 Å². The van der Waals surface area contributed by atoms with Crippen LogP contribution in [-0.4, -0.2) is 23.6 Å². The van der Waals surface area contributed by atoms with Crippen LogP contribution >= 0.6 is 11.6 Å². The maximum Gasteiger partial charge on any atom is 0.225 e. The smallest absolute Gasteiger partial charge is 0.225 e. The number of ether oxygens (including phenoxy) is 1. The molecule has 0 saturated carbocycles. The molecule has 0 aliphatic carbocycles. The lowest BCUT2D eigenvalue weighted by atomic mass is 10.1. The molecule has 0 saturated heterocycles. The van der Waals surface area contributed by atoms with E-state index in [1.165, 1.54) is 5.56 Å². The normalized spacial score (nSPS) is 10.5.